The van der Waals surface area contributed by atoms with Gasteiger partial charge >= 0.3 is 10.1 Å². The van der Waals surface area contributed by atoms with Gasteiger partial charge in [-0.2, -0.15) is 13.5 Å². The molecule has 1 aliphatic rings. The molecular formula is C18H14N2O7S. The lowest BCUT2D eigenvalue weighted by Gasteiger charge is -2.25. The highest BCUT2D eigenvalue weighted by molar-refractivity contribution is 7.85. The number of benzene rings is 2. The number of amides is 1. The standard InChI is InChI=1S/C18H14N2O7S/c21-18(20-19-9-13-5-6-17(26-13)28(22,23)24)16-10-25-14-7-11-3-1-2-4-12(11)8-15(14)27-16/h1-9,16H,10H2,(H,20,21)(H,22,23,24). The summed E-state index contributed by atoms with van der Waals surface area (Å²) in [4.78, 5) is 12.2. The molecule has 1 amide bonds. The number of hydrazone groups is 1. The first-order chi connectivity index (χ1) is 13.4. The number of fused-ring (bicyclic) bond motifs is 2. The van der Waals surface area contributed by atoms with Crippen LogP contribution in [0.15, 0.2) is 63.1 Å². The molecule has 1 atom stereocenters. The predicted octanol–water partition coefficient (Wildman–Crippen LogP) is 1.97. The van der Waals surface area contributed by atoms with Crippen molar-refractivity contribution in [3.8, 4) is 11.5 Å². The second-order valence-corrected chi connectivity index (χ2v) is 7.28. The van der Waals surface area contributed by atoms with E-state index in [1.807, 2.05) is 30.3 Å². The van der Waals surface area contributed by atoms with E-state index in [4.69, 9.17) is 18.4 Å². The minimum absolute atomic E-state index is 0.0142. The number of hydrogen-bond donors (Lipinski definition) is 2. The van der Waals surface area contributed by atoms with Crippen molar-refractivity contribution in [1.82, 2.24) is 5.43 Å². The highest BCUT2D eigenvalue weighted by atomic mass is 32.2. The summed E-state index contributed by atoms with van der Waals surface area (Å²) in [6, 6.07) is 13.7. The zero-order chi connectivity index (χ0) is 19.7. The minimum Gasteiger partial charge on any atom is -0.485 e. The van der Waals surface area contributed by atoms with Gasteiger partial charge in [0.15, 0.2) is 11.5 Å². The van der Waals surface area contributed by atoms with Gasteiger partial charge < -0.3 is 13.9 Å². The molecule has 0 radical (unpaired) electrons. The zero-order valence-corrected chi connectivity index (χ0v) is 15.0. The lowest BCUT2D eigenvalue weighted by Crippen LogP contribution is -2.42. The van der Waals surface area contributed by atoms with Gasteiger partial charge in [-0.3, -0.25) is 9.35 Å². The summed E-state index contributed by atoms with van der Waals surface area (Å²) in [6.07, 6.45) is 0.188. The minimum atomic E-state index is -4.44. The molecule has 0 saturated carbocycles. The molecular weight excluding hydrogens is 388 g/mol. The van der Waals surface area contributed by atoms with Crippen molar-refractivity contribution in [3.05, 3.63) is 54.3 Å². The van der Waals surface area contributed by atoms with Gasteiger partial charge in [-0.05, 0) is 35.0 Å². The number of nitrogens with one attached hydrogen (secondary N) is 1. The fourth-order valence-electron chi connectivity index (χ4n) is 2.66. The Kier molecular flexibility index (Phi) is 4.49. The summed E-state index contributed by atoms with van der Waals surface area (Å²) in [7, 11) is -4.44. The zero-order valence-electron chi connectivity index (χ0n) is 14.2. The molecule has 0 bridgehead atoms. The van der Waals surface area contributed by atoms with Crippen molar-refractivity contribution in [2.75, 3.05) is 6.61 Å². The van der Waals surface area contributed by atoms with Crippen LogP contribution in [0, 0.1) is 0 Å². The van der Waals surface area contributed by atoms with Crippen LogP contribution in [0.25, 0.3) is 10.8 Å². The lowest BCUT2D eigenvalue weighted by molar-refractivity contribution is -0.130. The fourth-order valence-corrected chi connectivity index (χ4v) is 3.10. The van der Waals surface area contributed by atoms with Crippen LogP contribution in [-0.2, 0) is 14.9 Å². The first-order valence-electron chi connectivity index (χ1n) is 8.13. The Bertz CT molecular complexity index is 1180. The summed E-state index contributed by atoms with van der Waals surface area (Å²) < 4.78 is 46.9. The predicted molar refractivity (Wildman–Crippen MR) is 98.1 cm³/mol. The van der Waals surface area contributed by atoms with Gasteiger partial charge in [0.25, 0.3) is 5.91 Å². The molecule has 2 N–H and O–H groups in total. The number of carbonyl (C=O) groups is 1. The maximum atomic E-state index is 12.2. The van der Waals surface area contributed by atoms with E-state index >= 15 is 0 Å². The molecule has 10 heteroatoms. The van der Waals surface area contributed by atoms with Crippen LogP contribution < -0.4 is 14.9 Å². The molecule has 0 fully saturated rings. The highest BCUT2D eigenvalue weighted by Crippen LogP contribution is 2.35. The van der Waals surface area contributed by atoms with Crippen LogP contribution in [0.1, 0.15) is 5.76 Å². The maximum Gasteiger partial charge on any atom is 0.328 e. The van der Waals surface area contributed by atoms with Crippen LogP contribution in [0.3, 0.4) is 0 Å². The molecule has 2 heterocycles. The third-order valence-corrected chi connectivity index (χ3v) is 4.71. The number of ether oxygens (including phenoxy) is 2. The number of nitrogens with zero attached hydrogens (tertiary/aromatic N) is 1. The van der Waals surface area contributed by atoms with Gasteiger partial charge in [0, 0.05) is 0 Å². The molecule has 0 spiro atoms. The van der Waals surface area contributed by atoms with E-state index in [1.165, 1.54) is 6.07 Å². The fraction of sp³-hybridized carbons (Fsp3) is 0.111. The van der Waals surface area contributed by atoms with Crippen LogP contribution in [-0.4, -0.2) is 37.8 Å². The number of furan rings is 1. The summed E-state index contributed by atoms with van der Waals surface area (Å²) in [5.41, 5.74) is 2.27. The summed E-state index contributed by atoms with van der Waals surface area (Å²) in [6.45, 7) is 0.0142. The first-order valence-corrected chi connectivity index (χ1v) is 9.57. The van der Waals surface area contributed by atoms with Gasteiger partial charge in [-0.15, -0.1) is 0 Å². The third-order valence-electron chi connectivity index (χ3n) is 3.99. The molecule has 0 saturated heterocycles. The monoisotopic (exact) mass is 402 g/mol. The van der Waals surface area contributed by atoms with Gasteiger partial charge in [0.05, 0.1) is 6.21 Å². The van der Waals surface area contributed by atoms with E-state index in [1.54, 1.807) is 6.07 Å². The van der Waals surface area contributed by atoms with E-state index < -0.39 is 27.2 Å². The van der Waals surface area contributed by atoms with Gasteiger partial charge in [-0.25, -0.2) is 5.43 Å². The topological polar surface area (TPSA) is 127 Å². The van der Waals surface area contributed by atoms with E-state index in [0.717, 1.165) is 23.1 Å². The van der Waals surface area contributed by atoms with Crippen LogP contribution in [0.2, 0.25) is 0 Å². The first kappa shape index (κ1) is 18.0. The molecule has 28 heavy (non-hydrogen) atoms. The summed E-state index contributed by atoms with van der Waals surface area (Å²) in [5, 5.41) is 5.03. The average molecular weight is 402 g/mol. The van der Waals surface area contributed by atoms with E-state index in [0.29, 0.717) is 11.5 Å². The van der Waals surface area contributed by atoms with Crippen LogP contribution in [0.5, 0.6) is 11.5 Å². The Morgan fingerprint density at radius 1 is 1.14 bits per heavy atom. The van der Waals surface area contributed by atoms with Crippen molar-refractivity contribution >= 4 is 33.0 Å². The number of rotatable bonds is 4. The number of carbonyl (C=O) groups excluding carboxylic acids is 1. The highest BCUT2D eigenvalue weighted by Gasteiger charge is 2.27. The molecule has 144 valence electrons. The van der Waals surface area contributed by atoms with Crippen molar-refractivity contribution in [2.45, 2.75) is 11.2 Å². The van der Waals surface area contributed by atoms with Crippen molar-refractivity contribution in [2.24, 2.45) is 5.10 Å². The quantitative estimate of drug-likeness (QED) is 0.388. The van der Waals surface area contributed by atoms with Crippen LogP contribution in [0.4, 0.5) is 0 Å². The summed E-state index contributed by atoms with van der Waals surface area (Å²) in [5.74, 6) is 0.500. The normalized spacial score (nSPS) is 16.4. The molecule has 1 aliphatic heterocycles. The Balaban J connectivity index is 1.42. The van der Waals surface area contributed by atoms with Crippen molar-refractivity contribution < 1.29 is 31.7 Å². The molecule has 1 aromatic heterocycles. The van der Waals surface area contributed by atoms with Gasteiger partial charge in [-0.1, -0.05) is 24.3 Å². The SMILES string of the molecule is O=C(NN=Cc1ccc(S(=O)(=O)O)o1)C1COc2cc3ccccc3cc2O1. The Labute approximate surface area is 159 Å². The molecule has 2 aromatic carbocycles. The van der Waals surface area contributed by atoms with E-state index in [-0.39, 0.29) is 12.4 Å². The third kappa shape index (κ3) is 3.68. The average Bonchev–Trinajstić information content (AvgIpc) is 3.15. The Morgan fingerprint density at radius 2 is 1.86 bits per heavy atom. The van der Waals surface area contributed by atoms with Gasteiger partial charge in [0.2, 0.25) is 11.2 Å². The molecule has 1 unspecified atom stereocenters. The molecule has 9 nitrogen and oxygen atoms in total. The second-order valence-electron chi connectivity index (χ2n) is 5.93. The van der Waals surface area contributed by atoms with Crippen molar-refractivity contribution in [1.29, 1.82) is 0 Å². The van der Waals surface area contributed by atoms with Crippen LogP contribution >= 0.6 is 0 Å². The summed E-state index contributed by atoms with van der Waals surface area (Å²) >= 11 is 0. The largest absolute Gasteiger partial charge is 0.485 e. The maximum absolute atomic E-state index is 12.2. The van der Waals surface area contributed by atoms with Gasteiger partial charge in [0.1, 0.15) is 12.4 Å². The second kappa shape index (κ2) is 6.98. The Hall–Kier alpha value is -3.37. The smallest absolute Gasteiger partial charge is 0.328 e. The van der Waals surface area contributed by atoms with Crippen molar-refractivity contribution in [3.63, 3.8) is 0 Å². The van der Waals surface area contributed by atoms with E-state index in [9.17, 15) is 13.2 Å². The Morgan fingerprint density at radius 3 is 2.54 bits per heavy atom. The molecule has 4 rings (SSSR count). The lowest BCUT2D eigenvalue weighted by atomic mass is 10.1. The van der Waals surface area contributed by atoms with E-state index in [2.05, 4.69) is 10.5 Å². The molecule has 3 aromatic rings. The molecule has 0 aliphatic carbocycles. The number of hydrogen-bond acceptors (Lipinski definition) is 7.